The quantitative estimate of drug-likeness (QED) is 0.757. The number of rotatable bonds is 6. The number of benzene rings is 1. The lowest BCUT2D eigenvalue weighted by molar-refractivity contribution is 0.137. The van der Waals surface area contributed by atoms with Crippen LogP contribution in [0.4, 0.5) is 0 Å². The van der Waals surface area contributed by atoms with Gasteiger partial charge < -0.3 is 4.42 Å². The topological polar surface area (TPSA) is 42.2 Å². The second-order valence-electron chi connectivity index (χ2n) is 6.37. The molecule has 1 heterocycles. The third-order valence-corrected chi connectivity index (χ3v) is 5.08. The van der Waals surface area contributed by atoms with Crippen LogP contribution in [0.1, 0.15) is 39.5 Å². The van der Waals surface area contributed by atoms with Crippen molar-refractivity contribution in [3.05, 3.63) is 34.6 Å². The van der Waals surface area contributed by atoms with Crippen LogP contribution in [0.3, 0.4) is 0 Å². The first kappa shape index (κ1) is 15.7. The van der Waals surface area contributed by atoms with Crippen LogP contribution in [0.2, 0.25) is 0 Å². The summed E-state index contributed by atoms with van der Waals surface area (Å²) in [6.45, 7) is 7.55. The molecule has 1 aliphatic rings. The summed E-state index contributed by atoms with van der Waals surface area (Å²) in [6, 6.07) is 9.11. The van der Waals surface area contributed by atoms with E-state index in [4.69, 9.17) is 4.42 Å². The van der Waals surface area contributed by atoms with Crippen molar-refractivity contribution < 1.29 is 4.42 Å². The van der Waals surface area contributed by atoms with E-state index in [1.165, 1.54) is 12.8 Å². The van der Waals surface area contributed by atoms with Gasteiger partial charge in [-0.25, -0.2) is 0 Å². The summed E-state index contributed by atoms with van der Waals surface area (Å²) in [4.78, 5) is 2.50. The van der Waals surface area contributed by atoms with Crippen LogP contribution in [-0.2, 0) is 6.54 Å². The summed E-state index contributed by atoms with van der Waals surface area (Å²) in [5, 5.41) is 8.46. The number of hydrogen-bond donors (Lipinski definition) is 0. The van der Waals surface area contributed by atoms with Crippen LogP contribution in [0.25, 0.3) is 11.5 Å². The normalized spacial score (nSPS) is 16.5. The van der Waals surface area contributed by atoms with Gasteiger partial charge in [-0.05, 0) is 53.7 Å². The Hall–Kier alpha value is -1.20. The molecule has 0 N–H and O–H groups in total. The molecule has 3 rings (SSSR count). The lowest BCUT2D eigenvalue weighted by Crippen LogP contribution is -2.38. The minimum Gasteiger partial charge on any atom is -0.419 e. The fourth-order valence-corrected chi connectivity index (χ4v) is 3.07. The predicted molar refractivity (Wildman–Crippen MR) is 90.3 cm³/mol. The Morgan fingerprint density at radius 2 is 1.95 bits per heavy atom. The van der Waals surface area contributed by atoms with Gasteiger partial charge in [0.05, 0.1) is 12.1 Å². The molecule has 118 valence electrons. The first-order chi connectivity index (χ1) is 10.6. The molecule has 0 spiro atoms. The minimum absolute atomic E-state index is 0.520. The third-order valence-electron chi connectivity index (χ3n) is 4.39. The van der Waals surface area contributed by atoms with E-state index in [2.05, 4.69) is 51.8 Å². The Morgan fingerprint density at radius 3 is 2.59 bits per heavy atom. The van der Waals surface area contributed by atoms with Crippen molar-refractivity contribution >= 4 is 15.9 Å². The molecule has 0 amide bonds. The largest absolute Gasteiger partial charge is 0.419 e. The molecule has 1 unspecified atom stereocenters. The van der Waals surface area contributed by atoms with Crippen LogP contribution < -0.4 is 0 Å². The van der Waals surface area contributed by atoms with Crippen molar-refractivity contribution in [1.82, 2.24) is 15.1 Å². The molecule has 1 atom stereocenters. The standard InChI is InChI=1S/C17H22BrN3O/c1-11(2)12(3)21(13-8-9-13)10-16-19-20-17(22-16)14-6-4-5-7-15(14)18/h4-7,11-13H,8-10H2,1-3H3. The summed E-state index contributed by atoms with van der Waals surface area (Å²) in [5.41, 5.74) is 0.941. The van der Waals surface area contributed by atoms with Gasteiger partial charge in [-0.15, -0.1) is 10.2 Å². The Kier molecular flexibility index (Phi) is 4.64. The van der Waals surface area contributed by atoms with E-state index < -0.39 is 0 Å². The first-order valence-corrected chi connectivity index (χ1v) is 8.68. The van der Waals surface area contributed by atoms with Crippen molar-refractivity contribution in [3.63, 3.8) is 0 Å². The molecule has 4 nitrogen and oxygen atoms in total. The van der Waals surface area contributed by atoms with Crippen molar-refractivity contribution in [2.24, 2.45) is 5.92 Å². The average molecular weight is 364 g/mol. The Labute approximate surface area is 140 Å². The molecule has 0 aliphatic heterocycles. The van der Waals surface area contributed by atoms with Crippen LogP contribution >= 0.6 is 15.9 Å². The smallest absolute Gasteiger partial charge is 0.248 e. The number of nitrogens with zero attached hydrogens (tertiary/aromatic N) is 3. The Morgan fingerprint density at radius 1 is 1.23 bits per heavy atom. The maximum atomic E-state index is 5.89. The zero-order chi connectivity index (χ0) is 15.7. The maximum absolute atomic E-state index is 5.89. The van der Waals surface area contributed by atoms with Gasteiger partial charge in [-0.1, -0.05) is 26.0 Å². The van der Waals surface area contributed by atoms with E-state index >= 15 is 0 Å². The molecule has 1 aliphatic carbocycles. The second kappa shape index (κ2) is 6.50. The molecule has 2 aromatic rings. The molecule has 1 aromatic heterocycles. The highest BCUT2D eigenvalue weighted by atomic mass is 79.9. The highest BCUT2D eigenvalue weighted by Crippen LogP contribution is 2.32. The molecule has 5 heteroatoms. The highest BCUT2D eigenvalue weighted by molar-refractivity contribution is 9.10. The Bertz CT molecular complexity index is 636. The fraction of sp³-hybridized carbons (Fsp3) is 0.529. The van der Waals surface area contributed by atoms with Crippen molar-refractivity contribution in [1.29, 1.82) is 0 Å². The van der Waals surface area contributed by atoms with Crippen LogP contribution in [0.15, 0.2) is 33.2 Å². The van der Waals surface area contributed by atoms with Gasteiger partial charge in [-0.2, -0.15) is 0 Å². The van der Waals surface area contributed by atoms with Gasteiger partial charge in [0.25, 0.3) is 0 Å². The SMILES string of the molecule is CC(C)C(C)N(Cc1nnc(-c2ccccc2Br)o1)C1CC1. The van der Waals surface area contributed by atoms with E-state index in [0.29, 0.717) is 29.8 Å². The van der Waals surface area contributed by atoms with Crippen LogP contribution in [-0.4, -0.2) is 27.2 Å². The summed E-state index contributed by atoms with van der Waals surface area (Å²) in [6.07, 6.45) is 2.56. The Balaban J connectivity index is 1.77. The van der Waals surface area contributed by atoms with Gasteiger partial charge in [0.2, 0.25) is 11.8 Å². The fourth-order valence-electron chi connectivity index (χ4n) is 2.61. The molecule has 0 bridgehead atoms. The lowest BCUT2D eigenvalue weighted by Gasteiger charge is -2.30. The summed E-state index contributed by atoms with van der Waals surface area (Å²) >= 11 is 3.53. The van der Waals surface area contributed by atoms with Gasteiger partial charge in [0.15, 0.2) is 0 Å². The summed E-state index contributed by atoms with van der Waals surface area (Å²) in [7, 11) is 0. The molecule has 22 heavy (non-hydrogen) atoms. The molecule has 0 radical (unpaired) electrons. The molecule has 1 fully saturated rings. The molecule has 1 aromatic carbocycles. The second-order valence-corrected chi connectivity index (χ2v) is 7.22. The van der Waals surface area contributed by atoms with Gasteiger partial charge in [0.1, 0.15) is 0 Å². The van der Waals surface area contributed by atoms with Gasteiger partial charge >= 0.3 is 0 Å². The van der Waals surface area contributed by atoms with Gasteiger partial charge in [0, 0.05) is 16.6 Å². The van der Waals surface area contributed by atoms with Crippen LogP contribution in [0.5, 0.6) is 0 Å². The first-order valence-electron chi connectivity index (χ1n) is 7.89. The third kappa shape index (κ3) is 3.41. The average Bonchev–Trinajstić information content (AvgIpc) is 3.23. The molecule has 1 saturated carbocycles. The number of halogens is 1. The molecule has 0 saturated heterocycles. The zero-order valence-corrected chi connectivity index (χ0v) is 14.9. The summed E-state index contributed by atoms with van der Waals surface area (Å²) < 4.78 is 6.87. The minimum atomic E-state index is 0.520. The van der Waals surface area contributed by atoms with E-state index in [1.807, 2.05) is 24.3 Å². The molecular formula is C17H22BrN3O. The number of hydrogen-bond acceptors (Lipinski definition) is 4. The zero-order valence-electron chi connectivity index (χ0n) is 13.3. The van der Waals surface area contributed by atoms with E-state index in [9.17, 15) is 0 Å². The predicted octanol–water partition coefficient (Wildman–Crippen LogP) is 4.51. The van der Waals surface area contributed by atoms with Crippen molar-refractivity contribution in [2.75, 3.05) is 0 Å². The molecular weight excluding hydrogens is 342 g/mol. The highest BCUT2D eigenvalue weighted by Gasteiger charge is 2.34. The van der Waals surface area contributed by atoms with Crippen molar-refractivity contribution in [3.8, 4) is 11.5 Å². The van der Waals surface area contributed by atoms with E-state index in [1.54, 1.807) is 0 Å². The van der Waals surface area contributed by atoms with Gasteiger partial charge in [-0.3, -0.25) is 4.90 Å². The maximum Gasteiger partial charge on any atom is 0.248 e. The van der Waals surface area contributed by atoms with E-state index in [0.717, 1.165) is 16.6 Å². The summed E-state index contributed by atoms with van der Waals surface area (Å²) in [5.74, 6) is 1.90. The number of aromatic nitrogens is 2. The lowest BCUT2D eigenvalue weighted by atomic mass is 10.0. The van der Waals surface area contributed by atoms with Crippen molar-refractivity contribution in [2.45, 2.75) is 52.2 Å². The van der Waals surface area contributed by atoms with Crippen LogP contribution in [0, 0.1) is 5.92 Å². The monoisotopic (exact) mass is 363 g/mol. The van der Waals surface area contributed by atoms with E-state index in [-0.39, 0.29) is 0 Å².